The zero-order chi connectivity index (χ0) is 29.6. The van der Waals surface area contributed by atoms with Crippen LogP contribution in [0.2, 0.25) is 10.0 Å². The first kappa shape index (κ1) is 25.4. The molecule has 41 heavy (non-hydrogen) atoms. The molecule has 1 aliphatic rings. The summed E-state index contributed by atoms with van der Waals surface area (Å²) >= 11 is 13.0. The monoisotopic (exact) mass is 586 g/mol. The van der Waals surface area contributed by atoms with Crippen LogP contribution in [-0.4, -0.2) is 25.8 Å². The van der Waals surface area contributed by atoms with E-state index in [1.165, 1.54) is 37.4 Å². The molecule has 0 saturated heterocycles. The van der Waals surface area contributed by atoms with Crippen molar-refractivity contribution >= 4 is 57.0 Å². The third-order valence-electron chi connectivity index (χ3n) is 6.76. The molecule has 1 atom stereocenters. The van der Waals surface area contributed by atoms with E-state index in [4.69, 9.17) is 23.2 Å². The molecule has 1 fully saturated rings. The molecule has 0 radical (unpaired) electrons. The number of anilines is 3. The lowest BCUT2D eigenvalue weighted by Crippen LogP contribution is -2.13. The summed E-state index contributed by atoms with van der Waals surface area (Å²) in [5, 5.41) is 25.8. The van der Waals surface area contributed by atoms with Gasteiger partial charge in [-0.05, 0) is 61.7 Å². The smallest absolute Gasteiger partial charge is 0.163 e. The van der Waals surface area contributed by atoms with E-state index >= 15 is 0 Å². The minimum atomic E-state index is -1.68. The van der Waals surface area contributed by atoms with Crippen LogP contribution in [0.1, 0.15) is 60.4 Å². The second kappa shape index (κ2) is 10.8. The summed E-state index contributed by atoms with van der Waals surface area (Å²) in [5.74, 6) is -0.689. The molecule has 0 spiro atoms. The van der Waals surface area contributed by atoms with Crippen LogP contribution >= 0.6 is 23.2 Å². The van der Waals surface area contributed by atoms with Gasteiger partial charge in [-0.1, -0.05) is 46.6 Å². The van der Waals surface area contributed by atoms with Crippen LogP contribution in [0.5, 0.6) is 0 Å². The average Bonchev–Trinajstić information content (AvgIpc) is 3.69. The topological polar surface area (TPSA) is 109 Å². The fourth-order valence-electron chi connectivity index (χ4n) is 4.63. The number of Topliss-reactive ketones (excluding diaryl/α,β-unsaturated/α-hetero) is 1. The van der Waals surface area contributed by atoms with Crippen molar-refractivity contribution < 1.29 is 10.6 Å². The normalized spacial score (nSPS) is 14.7. The van der Waals surface area contributed by atoms with Gasteiger partial charge in [0.2, 0.25) is 0 Å². The maximum Gasteiger partial charge on any atom is 0.163 e. The number of hydrogen-bond acceptors (Lipinski definition) is 7. The van der Waals surface area contributed by atoms with Crippen LogP contribution < -0.4 is 10.6 Å². The zero-order valence-electron chi connectivity index (χ0n) is 22.6. The minimum Gasteiger partial charge on any atom is -0.373 e. The lowest BCUT2D eigenvalue weighted by atomic mass is 10.0. The molecule has 6 rings (SSSR count). The Morgan fingerprint density at radius 3 is 2.68 bits per heavy atom. The van der Waals surface area contributed by atoms with E-state index in [9.17, 15) is 15.8 Å². The molecule has 0 aliphatic heterocycles. The number of nitrogens with zero attached hydrogens (tertiary/aromatic N) is 5. The van der Waals surface area contributed by atoms with Gasteiger partial charge in [-0.2, -0.15) is 5.26 Å². The third kappa shape index (κ3) is 5.32. The zero-order valence-corrected chi connectivity index (χ0v) is 23.1. The molecule has 1 saturated carbocycles. The fourth-order valence-corrected chi connectivity index (χ4v) is 5.20. The predicted octanol–water partition coefficient (Wildman–Crippen LogP) is 7.63. The summed E-state index contributed by atoms with van der Waals surface area (Å²) in [6, 6.07) is 14.6. The van der Waals surface area contributed by atoms with Crippen LogP contribution in [0.15, 0.2) is 67.0 Å². The number of carbonyl (C=O) groups excluding carboxylic acids is 1. The van der Waals surface area contributed by atoms with Crippen molar-refractivity contribution in [3.05, 3.63) is 105 Å². The lowest BCUT2D eigenvalue weighted by Gasteiger charge is -2.20. The standard InChI is InChI=1S/C30H22Cl2FN7O/c1-16(41)27-23(31)3-2-4-25(27)37-28-18(13-34)14-35-30-22(28)11-20(12-24(30)32)36-29(17-5-7-19(33)8-6-17)26-15-40(39-38-26)21-9-10-21/h2-8,11-12,14-15,21,29,36H,9-10H2,1H3,(H,35,37)/t29-/m0/s1/i29D. The Hall–Kier alpha value is -4.52. The molecule has 0 amide bonds. The number of pyridine rings is 1. The number of hydrogen-bond donors (Lipinski definition) is 2. The second-order valence-electron chi connectivity index (χ2n) is 9.68. The molecule has 2 aromatic heterocycles. The Morgan fingerprint density at radius 2 is 1.98 bits per heavy atom. The maximum absolute atomic E-state index is 13.8. The second-order valence-corrected chi connectivity index (χ2v) is 10.5. The fraction of sp³-hybridized carbons (Fsp3) is 0.167. The van der Waals surface area contributed by atoms with Crippen LogP contribution in [0.25, 0.3) is 10.9 Å². The highest BCUT2D eigenvalue weighted by Crippen LogP contribution is 2.39. The summed E-state index contributed by atoms with van der Waals surface area (Å²) in [5.41, 5.74) is 2.78. The Kier molecular flexibility index (Phi) is 6.71. The van der Waals surface area contributed by atoms with Gasteiger partial charge in [0.25, 0.3) is 0 Å². The van der Waals surface area contributed by atoms with E-state index in [0.29, 0.717) is 39.2 Å². The number of carbonyl (C=O) groups is 1. The molecule has 1 aliphatic carbocycles. The Balaban J connectivity index is 1.49. The first-order chi connectivity index (χ1) is 20.2. The summed E-state index contributed by atoms with van der Waals surface area (Å²) in [6.07, 6.45) is 5.08. The first-order valence-corrected chi connectivity index (χ1v) is 13.5. The maximum atomic E-state index is 13.8. The lowest BCUT2D eigenvalue weighted by molar-refractivity contribution is 0.101. The van der Waals surface area contributed by atoms with E-state index in [1.807, 2.05) is 0 Å². The van der Waals surface area contributed by atoms with E-state index in [2.05, 4.69) is 32.0 Å². The van der Waals surface area contributed by atoms with Gasteiger partial charge in [0.1, 0.15) is 17.6 Å². The SMILES string of the molecule is [2H][C@](Nc1cc(Cl)c2ncc(C#N)c(Nc3cccc(Cl)c3C(C)=O)c2c1)(c1ccc(F)cc1)c1cn(C2CC2)nn1. The Morgan fingerprint density at radius 1 is 1.20 bits per heavy atom. The van der Waals surface area contributed by atoms with E-state index in [-0.39, 0.29) is 33.0 Å². The van der Waals surface area contributed by atoms with Gasteiger partial charge in [-0.15, -0.1) is 5.10 Å². The summed E-state index contributed by atoms with van der Waals surface area (Å²) in [6.45, 7) is 1.41. The van der Waals surface area contributed by atoms with E-state index < -0.39 is 11.8 Å². The molecular formula is C30H22Cl2FN7O. The average molecular weight is 587 g/mol. The van der Waals surface area contributed by atoms with Gasteiger partial charge in [0.15, 0.2) is 5.78 Å². The van der Waals surface area contributed by atoms with Crippen LogP contribution in [0, 0.1) is 17.1 Å². The van der Waals surface area contributed by atoms with Crippen LogP contribution in [0.4, 0.5) is 21.5 Å². The highest BCUT2D eigenvalue weighted by molar-refractivity contribution is 6.36. The largest absolute Gasteiger partial charge is 0.373 e. The van der Waals surface area contributed by atoms with Crippen molar-refractivity contribution in [3.63, 3.8) is 0 Å². The Bertz CT molecular complexity index is 1900. The molecule has 3 aromatic carbocycles. The number of rotatable bonds is 8. The van der Waals surface area contributed by atoms with Crippen molar-refractivity contribution in [3.8, 4) is 6.07 Å². The third-order valence-corrected chi connectivity index (χ3v) is 7.36. The summed E-state index contributed by atoms with van der Waals surface area (Å²) in [4.78, 5) is 16.8. The molecule has 204 valence electrons. The first-order valence-electron chi connectivity index (χ1n) is 13.2. The van der Waals surface area contributed by atoms with Crippen LogP contribution in [0.3, 0.4) is 0 Å². The van der Waals surface area contributed by atoms with E-state index in [1.54, 1.807) is 41.2 Å². The van der Waals surface area contributed by atoms with Crippen molar-refractivity contribution in [2.75, 3.05) is 10.6 Å². The van der Waals surface area contributed by atoms with Crippen molar-refractivity contribution in [1.82, 2.24) is 20.0 Å². The van der Waals surface area contributed by atoms with Crippen molar-refractivity contribution in [2.24, 2.45) is 0 Å². The molecule has 0 unspecified atom stereocenters. The van der Waals surface area contributed by atoms with Gasteiger partial charge in [0.05, 0.1) is 57.7 Å². The number of ketones is 1. The molecule has 5 aromatic rings. The summed E-state index contributed by atoms with van der Waals surface area (Å²) in [7, 11) is 0. The molecule has 0 bridgehead atoms. The van der Waals surface area contributed by atoms with Crippen molar-refractivity contribution in [1.29, 1.82) is 5.26 Å². The van der Waals surface area contributed by atoms with E-state index in [0.717, 1.165) is 12.8 Å². The van der Waals surface area contributed by atoms with Gasteiger partial charge in [-0.3, -0.25) is 9.78 Å². The molecule has 11 heteroatoms. The number of halogens is 3. The van der Waals surface area contributed by atoms with Gasteiger partial charge < -0.3 is 10.6 Å². The highest BCUT2D eigenvalue weighted by Gasteiger charge is 2.27. The number of aromatic nitrogens is 4. The van der Waals surface area contributed by atoms with Gasteiger partial charge >= 0.3 is 0 Å². The summed E-state index contributed by atoms with van der Waals surface area (Å²) < 4.78 is 25.1. The number of nitrogens with one attached hydrogen (secondary N) is 2. The quantitative estimate of drug-likeness (QED) is 0.180. The van der Waals surface area contributed by atoms with Crippen LogP contribution in [-0.2, 0) is 0 Å². The highest BCUT2D eigenvalue weighted by atomic mass is 35.5. The van der Waals surface area contributed by atoms with Gasteiger partial charge in [-0.25, -0.2) is 9.07 Å². The van der Waals surface area contributed by atoms with Crippen molar-refractivity contribution in [2.45, 2.75) is 31.8 Å². The minimum absolute atomic E-state index is 0.202. The molecule has 8 nitrogen and oxygen atoms in total. The molecule has 2 heterocycles. The predicted molar refractivity (Wildman–Crippen MR) is 156 cm³/mol. The molecule has 2 N–H and O–H groups in total. The Labute approximate surface area is 246 Å². The number of fused-ring (bicyclic) bond motifs is 1. The molecular weight excluding hydrogens is 564 g/mol. The van der Waals surface area contributed by atoms with Gasteiger partial charge in [0, 0.05) is 17.3 Å². The number of benzene rings is 3. The number of nitriles is 1.